The first kappa shape index (κ1) is 43.3. The van der Waals surface area contributed by atoms with Gasteiger partial charge in [-0.05, 0) is 35.4 Å². The van der Waals surface area contributed by atoms with Crippen LogP contribution in [0, 0.1) is 11.6 Å². The Kier molecular flexibility index (Phi) is 15.2. The highest BCUT2D eigenvalue weighted by atomic mass is 32.2. The van der Waals surface area contributed by atoms with E-state index in [0.717, 1.165) is 11.1 Å². The van der Waals surface area contributed by atoms with Crippen molar-refractivity contribution in [2.24, 2.45) is 5.73 Å². The van der Waals surface area contributed by atoms with Crippen LogP contribution in [0.15, 0.2) is 78.2 Å². The van der Waals surface area contributed by atoms with Gasteiger partial charge in [-0.3, -0.25) is 13.8 Å². The van der Waals surface area contributed by atoms with Crippen LogP contribution >= 0.6 is 0 Å². The van der Waals surface area contributed by atoms with Crippen LogP contribution < -0.4 is 20.5 Å². The highest BCUT2D eigenvalue weighted by Gasteiger charge is 2.51. The van der Waals surface area contributed by atoms with Crippen molar-refractivity contribution in [1.29, 1.82) is 0 Å². The van der Waals surface area contributed by atoms with Crippen LogP contribution in [0.1, 0.15) is 25.0 Å². The number of nitrogens with zero attached hydrogens (tertiary/aromatic N) is 4. The van der Waals surface area contributed by atoms with Gasteiger partial charge in [-0.15, -0.1) is 0 Å². The second-order valence-corrected chi connectivity index (χ2v) is 14.7. The monoisotopic (exact) mass is 842 g/mol. The lowest BCUT2D eigenvalue weighted by Gasteiger charge is -2.17. The lowest BCUT2D eigenvalue weighted by Crippen LogP contribution is -2.36. The number of halogens is 2. The van der Waals surface area contributed by atoms with Crippen molar-refractivity contribution in [3.8, 4) is 11.8 Å². The maximum atomic E-state index is 13.0. The molecule has 4 aromatic rings. The average molecular weight is 843 g/mol. The van der Waals surface area contributed by atoms with E-state index in [9.17, 15) is 22.6 Å². The molecule has 0 radical (unpaired) electrons. The first-order chi connectivity index (χ1) is 28.4. The van der Waals surface area contributed by atoms with E-state index in [-0.39, 0.29) is 78.6 Å². The fourth-order valence-corrected chi connectivity index (χ4v) is 6.85. The number of benzene rings is 2. The molecular formula is C39H44F2N6O11S. The van der Waals surface area contributed by atoms with E-state index < -0.39 is 23.0 Å². The Morgan fingerprint density at radius 1 is 0.695 bits per heavy atom. The van der Waals surface area contributed by atoms with Crippen LogP contribution in [-0.4, -0.2) is 118 Å². The molecule has 0 spiro atoms. The molecule has 0 saturated carbocycles. The van der Waals surface area contributed by atoms with Crippen molar-refractivity contribution < 1.29 is 60.5 Å². The third kappa shape index (κ3) is 12.1. The number of nitrogens with two attached hydrogens (primary N) is 1. The summed E-state index contributed by atoms with van der Waals surface area (Å²) in [6.45, 7) is 4.82. The third-order valence-corrected chi connectivity index (χ3v) is 9.82. The molecule has 9 atom stereocenters. The molecule has 6 heterocycles. The van der Waals surface area contributed by atoms with Crippen LogP contribution in [0.25, 0.3) is 0 Å². The first-order valence-electron chi connectivity index (χ1n) is 18.5. The highest BCUT2D eigenvalue weighted by Crippen LogP contribution is 2.32. The molecule has 20 heteroatoms. The summed E-state index contributed by atoms with van der Waals surface area (Å²) in [6.07, 6.45) is 1.69. The number of carbonyl (C=O) groups is 2. The van der Waals surface area contributed by atoms with E-state index in [2.05, 4.69) is 25.3 Å². The number of aromatic nitrogens is 4. The van der Waals surface area contributed by atoms with E-state index in [4.69, 9.17) is 43.6 Å². The summed E-state index contributed by atoms with van der Waals surface area (Å²) < 4.78 is 81.3. The summed E-state index contributed by atoms with van der Waals surface area (Å²) in [5.74, 6) is -0.144. The van der Waals surface area contributed by atoms with Crippen molar-refractivity contribution in [3.63, 3.8) is 0 Å². The molecular weight excluding hydrogens is 799 g/mol. The number of esters is 2. The van der Waals surface area contributed by atoms with Gasteiger partial charge in [0.15, 0.2) is 24.4 Å². The molecule has 59 heavy (non-hydrogen) atoms. The molecule has 316 valence electrons. The summed E-state index contributed by atoms with van der Waals surface area (Å²) in [7, 11) is -1.28. The van der Waals surface area contributed by atoms with Crippen molar-refractivity contribution >= 4 is 28.7 Å². The van der Waals surface area contributed by atoms with E-state index in [1.807, 2.05) is 0 Å². The fourth-order valence-electron chi connectivity index (χ4n) is 6.43. The topological polar surface area (TPSA) is 215 Å². The van der Waals surface area contributed by atoms with Gasteiger partial charge in [-0.25, -0.2) is 18.7 Å². The van der Waals surface area contributed by atoms with E-state index in [1.165, 1.54) is 50.6 Å². The molecule has 4 aliphatic rings. The van der Waals surface area contributed by atoms with Gasteiger partial charge in [0.1, 0.15) is 36.1 Å². The molecule has 3 N–H and O–H groups in total. The maximum absolute atomic E-state index is 13.0. The summed E-state index contributed by atoms with van der Waals surface area (Å²) in [4.78, 5) is 38.7. The zero-order chi connectivity index (χ0) is 41.9. The number of hydrogen-bond acceptors (Lipinski definition) is 17. The molecule has 2 aromatic heterocycles. The summed E-state index contributed by atoms with van der Waals surface area (Å²) in [5.41, 5.74) is 7.13. The predicted molar refractivity (Wildman–Crippen MR) is 203 cm³/mol. The largest absolute Gasteiger partial charge is 0.469 e. The van der Waals surface area contributed by atoms with Gasteiger partial charge in [-0.2, -0.15) is 9.97 Å². The van der Waals surface area contributed by atoms with Gasteiger partial charge in [0.2, 0.25) is 22.9 Å². The molecule has 4 aliphatic heterocycles. The molecule has 8 rings (SSSR count). The number of carbonyl (C=O) groups excluding carboxylic acids is 2. The minimum Gasteiger partial charge on any atom is -0.469 e. The van der Waals surface area contributed by atoms with E-state index in [1.54, 1.807) is 42.6 Å². The number of nitrogens with one attached hydrogen (secondary N) is 1. The Morgan fingerprint density at radius 2 is 1.14 bits per heavy atom. The average Bonchev–Trinajstić information content (AvgIpc) is 4.01. The lowest BCUT2D eigenvalue weighted by atomic mass is 10.1. The summed E-state index contributed by atoms with van der Waals surface area (Å²) >= 11 is 0. The Bertz CT molecular complexity index is 2040. The van der Waals surface area contributed by atoms with Crippen LogP contribution in [0.2, 0.25) is 0 Å². The standard InChI is InChI=1S/C19H20FN3O5.C13H16N2O6S.C7H8FN/c1-11(24)27-14-9-25-18-15(10-26-17(14)18)28-16-6-7-21-19(23-16)22-8-12-2-4-13(20)5-3-12;1-7(16)20-8-5-18-12-9(6-19-11(8)12)21-10-3-4-14-13(15-10)22(2)17;8-7-3-1-6(5-9)2-4-7/h2-7,14-15,17-18H,8-10H2,1H3,(H,21,22,23);3-4,8-9,11-12H,5-6H2,1-2H3;1-4H,5,9H2/t14-,15-,17+,18+;8-,9-,11+,12+,22?;/m00./s1. The van der Waals surface area contributed by atoms with Crippen LogP contribution in [0.5, 0.6) is 11.8 Å². The van der Waals surface area contributed by atoms with Gasteiger partial charge >= 0.3 is 11.9 Å². The Balaban J connectivity index is 0.000000167. The highest BCUT2D eigenvalue weighted by molar-refractivity contribution is 7.84. The number of anilines is 1. The number of fused-ring (bicyclic) bond motifs is 2. The van der Waals surface area contributed by atoms with E-state index in [0.29, 0.717) is 44.0 Å². The van der Waals surface area contributed by atoms with E-state index >= 15 is 0 Å². The Hall–Kier alpha value is -5.25. The Labute approximate surface area is 340 Å². The third-order valence-electron chi connectivity index (χ3n) is 9.11. The van der Waals surface area contributed by atoms with Gasteiger partial charge in [0, 0.05) is 57.7 Å². The zero-order valence-electron chi connectivity index (χ0n) is 32.3. The molecule has 0 amide bonds. The maximum Gasteiger partial charge on any atom is 0.303 e. The molecule has 17 nitrogen and oxygen atoms in total. The van der Waals surface area contributed by atoms with Gasteiger partial charge in [0.25, 0.3) is 0 Å². The minimum atomic E-state index is -1.28. The first-order valence-corrected chi connectivity index (χ1v) is 20.1. The van der Waals surface area contributed by atoms with Gasteiger partial charge in [-0.1, -0.05) is 24.3 Å². The quantitative estimate of drug-likeness (QED) is 0.164. The van der Waals surface area contributed by atoms with Gasteiger partial charge in [0.05, 0.1) is 37.2 Å². The smallest absolute Gasteiger partial charge is 0.303 e. The molecule has 1 unspecified atom stereocenters. The van der Waals surface area contributed by atoms with Crippen molar-refractivity contribution in [2.45, 2.75) is 80.9 Å². The fraction of sp³-hybridized carbons (Fsp3) is 0.436. The predicted octanol–water partition coefficient (Wildman–Crippen LogP) is 2.68. The second kappa shape index (κ2) is 20.6. The van der Waals surface area contributed by atoms with Crippen molar-refractivity contribution in [2.75, 3.05) is 38.0 Å². The van der Waals surface area contributed by atoms with Gasteiger partial charge < -0.3 is 48.9 Å². The summed E-state index contributed by atoms with van der Waals surface area (Å²) in [5, 5.41) is 3.28. The van der Waals surface area contributed by atoms with Crippen molar-refractivity contribution in [3.05, 3.63) is 95.8 Å². The number of ether oxygens (including phenoxy) is 8. The number of rotatable bonds is 11. The minimum absolute atomic E-state index is 0.207. The second-order valence-electron chi connectivity index (χ2n) is 13.5. The molecule has 4 fully saturated rings. The van der Waals surface area contributed by atoms with Crippen LogP contribution in [0.3, 0.4) is 0 Å². The molecule has 0 aliphatic carbocycles. The molecule has 4 saturated heterocycles. The SMILES string of the molecule is CC(=O)O[C@H]1CO[C@H]2[C@@H]1OC[C@@H]2Oc1ccnc(NCc2ccc(F)cc2)n1.CC(=O)O[C@H]1CO[C@H]2[C@@H]1OC[C@@H]2Oc1ccnc(S(C)=O)n1.NCc1ccc(F)cc1. The molecule has 0 bridgehead atoms. The lowest BCUT2D eigenvalue weighted by molar-refractivity contribution is -0.151. The van der Waals surface area contributed by atoms with Crippen LogP contribution in [-0.2, 0) is 61.9 Å². The summed E-state index contributed by atoms with van der Waals surface area (Å²) in [6, 6.07) is 15.6. The van der Waals surface area contributed by atoms with Crippen molar-refractivity contribution in [1.82, 2.24) is 19.9 Å². The normalized spacial score (nSPS) is 25.5. The number of hydrogen-bond donors (Lipinski definition) is 2. The van der Waals surface area contributed by atoms with Crippen LogP contribution in [0.4, 0.5) is 14.7 Å². The molecule has 2 aromatic carbocycles. The Morgan fingerprint density at radius 3 is 1.61 bits per heavy atom. The zero-order valence-corrected chi connectivity index (χ0v) is 33.1.